The van der Waals surface area contributed by atoms with Gasteiger partial charge in [0.15, 0.2) is 0 Å². The molecule has 1 aliphatic rings. The number of likely N-dealkylation sites (tertiary alicyclic amines) is 1. The Hall–Kier alpha value is -1.89. The molecule has 1 saturated heterocycles. The summed E-state index contributed by atoms with van der Waals surface area (Å²) in [7, 11) is 0. The van der Waals surface area contributed by atoms with E-state index in [2.05, 4.69) is 4.90 Å². The molecule has 7 heteroatoms. The highest BCUT2D eigenvalue weighted by atomic mass is 35.5. The Morgan fingerprint density at radius 2 is 2.06 bits per heavy atom. The van der Waals surface area contributed by atoms with Gasteiger partial charge in [0.2, 0.25) is 0 Å². The second kappa shape index (κ2) is 13.4. The number of β-amino-alcohol motifs (C(OH)–C–C–N with tert-alkyl or cyclic N) is 1. The molecule has 1 N–H and O–H groups in total. The molecule has 0 aliphatic carbocycles. The fraction of sp³-hybridized carbons (Fsp3) is 0.464. The number of nitrogens with zero attached hydrogens (tertiary/aromatic N) is 1. The molecule has 0 aromatic heterocycles. The fourth-order valence-electron chi connectivity index (χ4n) is 4.60. The fourth-order valence-corrected chi connectivity index (χ4v) is 4.92. The molecule has 35 heavy (non-hydrogen) atoms. The molecule has 1 aliphatic heterocycles. The molecule has 5 nitrogen and oxygen atoms in total. The van der Waals surface area contributed by atoms with Crippen LogP contribution in [0.25, 0.3) is 6.08 Å². The first-order chi connectivity index (χ1) is 16.8. The first-order valence-corrected chi connectivity index (χ1v) is 13.0. The highest BCUT2D eigenvalue weighted by Gasteiger charge is 2.27. The number of halogens is 2. The van der Waals surface area contributed by atoms with Gasteiger partial charge in [0.05, 0.1) is 35.5 Å². The van der Waals surface area contributed by atoms with Crippen molar-refractivity contribution in [3.63, 3.8) is 0 Å². The number of hydrogen-bond donors (Lipinski definition) is 1. The molecular formula is C28H35Cl2NO4. The van der Waals surface area contributed by atoms with Crippen LogP contribution in [-0.2, 0) is 20.7 Å². The topological polar surface area (TPSA) is 59.0 Å². The summed E-state index contributed by atoms with van der Waals surface area (Å²) in [4.78, 5) is 14.1. The smallest absolute Gasteiger partial charge is 0.330 e. The lowest BCUT2D eigenvalue weighted by molar-refractivity contribution is -0.137. The van der Waals surface area contributed by atoms with Gasteiger partial charge in [-0.3, -0.25) is 4.90 Å². The van der Waals surface area contributed by atoms with E-state index in [-0.39, 0.29) is 18.7 Å². The normalized spacial score (nSPS) is 18.2. The van der Waals surface area contributed by atoms with E-state index in [1.807, 2.05) is 50.2 Å². The minimum Gasteiger partial charge on any atom is -0.463 e. The van der Waals surface area contributed by atoms with E-state index in [0.29, 0.717) is 29.2 Å². The Morgan fingerprint density at radius 1 is 1.26 bits per heavy atom. The van der Waals surface area contributed by atoms with Crippen LogP contribution < -0.4 is 0 Å². The lowest BCUT2D eigenvalue weighted by Gasteiger charge is -2.28. The zero-order valence-corrected chi connectivity index (χ0v) is 22.2. The molecule has 0 radical (unpaired) electrons. The van der Waals surface area contributed by atoms with E-state index in [1.165, 1.54) is 6.08 Å². The average molecular weight is 520 g/mol. The molecule has 3 atom stereocenters. The van der Waals surface area contributed by atoms with Crippen LogP contribution in [0.4, 0.5) is 0 Å². The predicted octanol–water partition coefficient (Wildman–Crippen LogP) is 6.02. The van der Waals surface area contributed by atoms with Gasteiger partial charge in [0.25, 0.3) is 0 Å². The van der Waals surface area contributed by atoms with E-state index < -0.39 is 6.10 Å². The zero-order chi connectivity index (χ0) is 25.4. The first kappa shape index (κ1) is 27.7. The number of carbonyl (C=O) groups excluding carboxylic acids is 1. The Morgan fingerprint density at radius 3 is 2.80 bits per heavy atom. The van der Waals surface area contributed by atoms with Gasteiger partial charge in [0.1, 0.15) is 0 Å². The molecule has 0 bridgehead atoms. The van der Waals surface area contributed by atoms with Gasteiger partial charge in [-0.1, -0.05) is 47.5 Å². The molecule has 0 unspecified atom stereocenters. The Bertz CT molecular complexity index is 1030. The molecule has 190 valence electrons. The Balaban J connectivity index is 1.56. The maximum atomic E-state index is 11.8. The van der Waals surface area contributed by atoms with Gasteiger partial charge in [-0.2, -0.15) is 0 Å². The van der Waals surface area contributed by atoms with Crippen LogP contribution in [0.1, 0.15) is 55.0 Å². The second-order valence-electron chi connectivity index (χ2n) is 9.04. The summed E-state index contributed by atoms with van der Waals surface area (Å²) in [6.45, 7) is 7.83. The number of aryl methyl sites for hydroxylation is 1. The third-order valence-electron chi connectivity index (χ3n) is 6.41. The predicted molar refractivity (Wildman–Crippen MR) is 142 cm³/mol. The summed E-state index contributed by atoms with van der Waals surface area (Å²) >= 11 is 12.2. The van der Waals surface area contributed by atoms with Gasteiger partial charge in [-0.05, 0) is 87.0 Å². The Labute approximate surface area is 218 Å². The number of benzene rings is 2. The minimum atomic E-state index is -0.602. The molecule has 0 saturated carbocycles. The van der Waals surface area contributed by atoms with Crippen molar-refractivity contribution >= 4 is 35.2 Å². The van der Waals surface area contributed by atoms with Gasteiger partial charge in [-0.15, -0.1) is 0 Å². The lowest BCUT2D eigenvalue weighted by atomic mass is 9.98. The van der Waals surface area contributed by atoms with Crippen LogP contribution in [0, 0.1) is 6.92 Å². The number of rotatable bonds is 11. The summed E-state index contributed by atoms with van der Waals surface area (Å²) in [5.41, 5.74) is 4.10. The van der Waals surface area contributed by atoms with Crippen molar-refractivity contribution in [2.24, 2.45) is 0 Å². The van der Waals surface area contributed by atoms with Crippen molar-refractivity contribution in [1.29, 1.82) is 0 Å². The number of aliphatic hydroxyl groups is 1. The summed E-state index contributed by atoms with van der Waals surface area (Å²) < 4.78 is 11.1. The van der Waals surface area contributed by atoms with E-state index in [1.54, 1.807) is 13.0 Å². The standard InChI is InChI=1S/C28H35Cl2NO4/c1-4-34-28(33)13-11-24-19(2)7-5-9-25(24)20(3)35-18-23(32)17-31-14-6-8-22(31)15-21-10-12-26(29)27(30)16-21/h5,7,9-13,16,20,22-23,32H,4,6,8,14-15,17-18H2,1-3H3/b13-11+/t20-,22+,23-/m1/s1. The SMILES string of the molecule is CCOC(=O)/C=C/c1c(C)cccc1[C@@H](C)OC[C@H](O)CN1CCC[C@H]1Cc1ccc(Cl)c(Cl)c1. The van der Waals surface area contributed by atoms with Crippen molar-refractivity contribution in [1.82, 2.24) is 4.90 Å². The van der Waals surface area contributed by atoms with E-state index in [4.69, 9.17) is 32.7 Å². The highest BCUT2D eigenvalue weighted by Crippen LogP contribution is 2.28. The van der Waals surface area contributed by atoms with E-state index in [9.17, 15) is 9.90 Å². The van der Waals surface area contributed by atoms with Gasteiger partial charge >= 0.3 is 5.97 Å². The maximum Gasteiger partial charge on any atom is 0.330 e. The third-order valence-corrected chi connectivity index (χ3v) is 7.15. The van der Waals surface area contributed by atoms with Crippen molar-refractivity contribution in [3.8, 4) is 0 Å². The van der Waals surface area contributed by atoms with Gasteiger partial charge < -0.3 is 14.6 Å². The number of ether oxygens (including phenoxy) is 2. The van der Waals surface area contributed by atoms with Crippen molar-refractivity contribution in [2.75, 3.05) is 26.3 Å². The van der Waals surface area contributed by atoms with Crippen LogP contribution in [-0.4, -0.2) is 54.4 Å². The van der Waals surface area contributed by atoms with E-state index in [0.717, 1.165) is 48.1 Å². The lowest BCUT2D eigenvalue weighted by Crippen LogP contribution is -2.39. The van der Waals surface area contributed by atoms with Crippen LogP contribution in [0.5, 0.6) is 0 Å². The molecular weight excluding hydrogens is 485 g/mol. The monoisotopic (exact) mass is 519 g/mol. The summed E-state index contributed by atoms with van der Waals surface area (Å²) in [5, 5.41) is 11.9. The molecule has 1 fully saturated rings. The van der Waals surface area contributed by atoms with Crippen LogP contribution in [0.2, 0.25) is 10.0 Å². The molecule has 3 rings (SSSR count). The molecule has 0 spiro atoms. The van der Waals surface area contributed by atoms with Crippen molar-refractivity contribution < 1.29 is 19.4 Å². The van der Waals surface area contributed by atoms with Gasteiger partial charge in [0, 0.05) is 18.7 Å². The quantitative estimate of drug-likeness (QED) is 0.290. The first-order valence-electron chi connectivity index (χ1n) is 12.2. The second-order valence-corrected chi connectivity index (χ2v) is 9.85. The van der Waals surface area contributed by atoms with Crippen molar-refractivity contribution in [3.05, 3.63) is 74.8 Å². The summed E-state index contributed by atoms with van der Waals surface area (Å²) in [6, 6.07) is 12.1. The number of aliphatic hydroxyl groups excluding tert-OH is 1. The zero-order valence-electron chi connectivity index (χ0n) is 20.7. The molecule has 2 aromatic carbocycles. The molecule has 0 amide bonds. The number of hydrogen-bond acceptors (Lipinski definition) is 5. The van der Waals surface area contributed by atoms with Gasteiger partial charge in [-0.25, -0.2) is 4.79 Å². The highest BCUT2D eigenvalue weighted by molar-refractivity contribution is 6.42. The molecule has 2 aromatic rings. The molecule has 1 heterocycles. The van der Waals surface area contributed by atoms with Crippen LogP contribution in [0.3, 0.4) is 0 Å². The minimum absolute atomic E-state index is 0.228. The van der Waals surface area contributed by atoms with Crippen molar-refractivity contribution in [2.45, 2.75) is 58.3 Å². The average Bonchev–Trinajstić information content (AvgIpc) is 3.25. The number of carbonyl (C=O) groups is 1. The van der Waals surface area contributed by atoms with E-state index >= 15 is 0 Å². The maximum absolute atomic E-state index is 11.8. The van der Waals surface area contributed by atoms with Crippen LogP contribution in [0.15, 0.2) is 42.5 Å². The Kier molecular flexibility index (Phi) is 10.6. The summed E-state index contributed by atoms with van der Waals surface area (Å²) in [6.07, 6.45) is 5.45. The third kappa shape index (κ3) is 8.06. The largest absolute Gasteiger partial charge is 0.463 e. The number of esters is 1. The summed E-state index contributed by atoms with van der Waals surface area (Å²) in [5.74, 6) is -0.369. The van der Waals surface area contributed by atoms with Crippen LogP contribution >= 0.6 is 23.2 Å².